The zero-order chi connectivity index (χ0) is 20.4. The molecule has 0 aromatic heterocycles. The molecule has 0 saturated carbocycles. The number of benzene rings is 1. The number of hydrogen-bond acceptors (Lipinski definition) is 5. The lowest BCUT2D eigenvalue weighted by Gasteiger charge is -2.33. The fourth-order valence-corrected chi connectivity index (χ4v) is 2.57. The van der Waals surface area contributed by atoms with E-state index in [1.54, 1.807) is 11.0 Å². The summed E-state index contributed by atoms with van der Waals surface area (Å²) in [6, 6.07) is 7.97. The Hall–Kier alpha value is -2.88. The number of carbonyl (C=O) groups is 3. The number of nitrogens with one attached hydrogen (secondary N) is 1. The molecule has 2 atom stereocenters. The summed E-state index contributed by atoms with van der Waals surface area (Å²) < 4.78 is 5.16. The Labute approximate surface area is 160 Å². The average Bonchev–Trinajstić information content (AvgIpc) is 2.66. The molecule has 0 aliphatic heterocycles. The largest absolute Gasteiger partial charge is 0.452 e. The highest BCUT2D eigenvalue weighted by molar-refractivity contribution is 5.94. The van der Waals surface area contributed by atoms with Crippen LogP contribution in [0.15, 0.2) is 24.3 Å². The molecule has 7 heteroatoms. The summed E-state index contributed by atoms with van der Waals surface area (Å²) in [7, 11) is 0. The van der Waals surface area contributed by atoms with Crippen molar-refractivity contribution in [1.82, 2.24) is 4.90 Å². The van der Waals surface area contributed by atoms with E-state index in [4.69, 9.17) is 10.00 Å². The SMILES string of the molecule is CC[C@H](C)N(C(=O)COC(=O)c1ccc(NC(=O)CC#N)cc1)[C@@H](C)CC. The first-order valence-corrected chi connectivity index (χ1v) is 9.09. The van der Waals surface area contributed by atoms with Gasteiger partial charge in [-0.15, -0.1) is 0 Å². The van der Waals surface area contributed by atoms with Crippen molar-refractivity contribution in [2.75, 3.05) is 11.9 Å². The van der Waals surface area contributed by atoms with E-state index in [1.807, 2.05) is 27.7 Å². The maximum absolute atomic E-state index is 12.5. The van der Waals surface area contributed by atoms with Crippen molar-refractivity contribution < 1.29 is 19.1 Å². The van der Waals surface area contributed by atoms with Crippen LogP contribution in [0.25, 0.3) is 0 Å². The minimum atomic E-state index is -0.605. The van der Waals surface area contributed by atoms with Crippen molar-refractivity contribution in [2.24, 2.45) is 0 Å². The molecule has 0 fully saturated rings. The van der Waals surface area contributed by atoms with Gasteiger partial charge < -0.3 is 15.0 Å². The number of nitriles is 1. The van der Waals surface area contributed by atoms with Crippen LogP contribution in [0.4, 0.5) is 5.69 Å². The zero-order valence-corrected chi connectivity index (χ0v) is 16.3. The van der Waals surface area contributed by atoms with Gasteiger partial charge in [0.1, 0.15) is 6.42 Å². The molecule has 0 spiro atoms. The van der Waals surface area contributed by atoms with Crippen LogP contribution in [-0.2, 0) is 14.3 Å². The van der Waals surface area contributed by atoms with E-state index in [2.05, 4.69) is 5.32 Å². The average molecular weight is 373 g/mol. The summed E-state index contributed by atoms with van der Waals surface area (Å²) in [6.07, 6.45) is 1.40. The maximum Gasteiger partial charge on any atom is 0.338 e. The van der Waals surface area contributed by atoms with Crippen molar-refractivity contribution in [2.45, 2.75) is 59.0 Å². The van der Waals surface area contributed by atoms with E-state index in [0.717, 1.165) is 12.8 Å². The van der Waals surface area contributed by atoms with Crippen molar-refractivity contribution in [3.8, 4) is 6.07 Å². The first-order chi connectivity index (χ1) is 12.8. The third-order valence-electron chi connectivity index (χ3n) is 4.39. The van der Waals surface area contributed by atoms with Gasteiger partial charge in [0.2, 0.25) is 5.91 Å². The van der Waals surface area contributed by atoms with E-state index in [0.29, 0.717) is 5.69 Å². The molecule has 0 saturated heterocycles. The summed E-state index contributed by atoms with van der Waals surface area (Å²) in [4.78, 5) is 37.8. The molecule has 2 amide bonds. The Morgan fingerprint density at radius 2 is 1.67 bits per heavy atom. The molecule has 0 bridgehead atoms. The van der Waals surface area contributed by atoms with Crippen LogP contribution in [0, 0.1) is 11.3 Å². The van der Waals surface area contributed by atoms with Gasteiger partial charge in [-0.25, -0.2) is 4.79 Å². The highest BCUT2D eigenvalue weighted by Crippen LogP contribution is 2.14. The molecule has 1 N–H and O–H groups in total. The monoisotopic (exact) mass is 373 g/mol. The Morgan fingerprint density at radius 1 is 1.11 bits per heavy atom. The van der Waals surface area contributed by atoms with Gasteiger partial charge in [0.05, 0.1) is 11.6 Å². The summed E-state index contributed by atoms with van der Waals surface area (Å²) in [5.41, 5.74) is 0.752. The summed E-state index contributed by atoms with van der Waals surface area (Å²) >= 11 is 0. The second kappa shape index (κ2) is 11.0. The van der Waals surface area contributed by atoms with Crippen LogP contribution in [0.5, 0.6) is 0 Å². The minimum absolute atomic E-state index is 0.0717. The van der Waals surface area contributed by atoms with Gasteiger partial charge in [0.25, 0.3) is 5.91 Å². The number of anilines is 1. The molecular weight excluding hydrogens is 346 g/mol. The van der Waals surface area contributed by atoms with Gasteiger partial charge in [-0.2, -0.15) is 5.26 Å². The molecule has 1 aromatic rings. The number of hydrogen-bond donors (Lipinski definition) is 1. The van der Waals surface area contributed by atoms with Crippen LogP contribution < -0.4 is 5.32 Å². The van der Waals surface area contributed by atoms with Crippen LogP contribution in [-0.4, -0.2) is 41.4 Å². The van der Waals surface area contributed by atoms with Crippen molar-refractivity contribution >= 4 is 23.5 Å². The molecule has 0 heterocycles. The lowest BCUT2D eigenvalue weighted by atomic mass is 10.1. The first kappa shape index (κ1) is 22.2. The molecule has 1 rings (SSSR count). The Morgan fingerprint density at radius 3 is 2.15 bits per heavy atom. The summed E-state index contributed by atoms with van der Waals surface area (Å²) in [5.74, 6) is -1.24. The fourth-order valence-electron chi connectivity index (χ4n) is 2.57. The Bertz CT molecular complexity index is 684. The van der Waals surface area contributed by atoms with Gasteiger partial charge >= 0.3 is 5.97 Å². The van der Waals surface area contributed by atoms with E-state index in [1.165, 1.54) is 24.3 Å². The number of esters is 1. The van der Waals surface area contributed by atoms with Gasteiger partial charge in [-0.3, -0.25) is 9.59 Å². The van der Waals surface area contributed by atoms with Gasteiger partial charge in [-0.05, 0) is 51.0 Å². The third-order valence-corrected chi connectivity index (χ3v) is 4.39. The van der Waals surface area contributed by atoms with E-state index >= 15 is 0 Å². The highest BCUT2D eigenvalue weighted by Gasteiger charge is 2.24. The fraction of sp³-hybridized carbons (Fsp3) is 0.500. The van der Waals surface area contributed by atoms with E-state index in [9.17, 15) is 14.4 Å². The smallest absolute Gasteiger partial charge is 0.338 e. The summed E-state index contributed by atoms with van der Waals surface area (Å²) in [6.45, 7) is 7.66. The quantitative estimate of drug-likeness (QED) is 0.671. The highest BCUT2D eigenvalue weighted by atomic mass is 16.5. The molecular formula is C20H27N3O4. The third kappa shape index (κ3) is 6.74. The van der Waals surface area contributed by atoms with Crippen molar-refractivity contribution in [3.63, 3.8) is 0 Å². The Balaban J connectivity index is 2.66. The second-order valence-electron chi connectivity index (χ2n) is 6.35. The normalized spacial score (nSPS) is 12.4. The lowest BCUT2D eigenvalue weighted by molar-refractivity contribution is -0.139. The topological polar surface area (TPSA) is 99.5 Å². The van der Waals surface area contributed by atoms with E-state index in [-0.39, 0.29) is 36.6 Å². The van der Waals surface area contributed by atoms with Crippen LogP contribution in [0.1, 0.15) is 57.3 Å². The number of nitrogens with zero attached hydrogens (tertiary/aromatic N) is 2. The van der Waals surface area contributed by atoms with Crippen molar-refractivity contribution in [3.05, 3.63) is 29.8 Å². The first-order valence-electron chi connectivity index (χ1n) is 9.09. The standard InChI is InChI=1S/C20H27N3O4/c1-5-14(3)23(15(4)6-2)19(25)13-27-20(26)16-7-9-17(10-8-16)22-18(24)11-12-21/h7-10,14-15H,5-6,11,13H2,1-4H3,(H,22,24)/t14-,15-/m0/s1. The van der Waals surface area contributed by atoms with Crippen molar-refractivity contribution in [1.29, 1.82) is 5.26 Å². The number of rotatable bonds is 9. The number of carbonyl (C=O) groups excluding carboxylic acids is 3. The molecule has 1 aromatic carbocycles. The Kier molecular flexibility index (Phi) is 9.00. The molecule has 27 heavy (non-hydrogen) atoms. The molecule has 146 valence electrons. The molecule has 0 unspecified atom stereocenters. The maximum atomic E-state index is 12.5. The van der Waals surface area contributed by atoms with Gasteiger partial charge in [-0.1, -0.05) is 13.8 Å². The van der Waals surface area contributed by atoms with Crippen LogP contribution >= 0.6 is 0 Å². The molecule has 0 radical (unpaired) electrons. The number of ether oxygens (including phenoxy) is 1. The van der Waals surface area contributed by atoms with Gasteiger partial charge in [0.15, 0.2) is 6.61 Å². The lowest BCUT2D eigenvalue weighted by Crippen LogP contribution is -2.46. The van der Waals surface area contributed by atoms with Gasteiger partial charge in [0, 0.05) is 17.8 Å². The molecule has 7 nitrogen and oxygen atoms in total. The zero-order valence-electron chi connectivity index (χ0n) is 16.3. The molecule has 0 aliphatic carbocycles. The van der Waals surface area contributed by atoms with E-state index < -0.39 is 11.9 Å². The van der Waals surface area contributed by atoms with Crippen LogP contribution in [0.3, 0.4) is 0 Å². The second-order valence-corrected chi connectivity index (χ2v) is 6.35. The summed E-state index contributed by atoms with van der Waals surface area (Å²) in [5, 5.41) is 11.0. The minimum Gasteiger partial charge on any atom is -0.452 e. The predicted octanol–water partition coefficient (Wildman–Crippen LogP) is 3.12. The number of amides is 2. The predicted molar refractivity (Wildman–Crippen MR) is 102 cm³/mol. The molecule has 0 aliphatic rings. The van der Waals surface area contributed by atoms with Crippen LogP contribution in [0.2, 0.25) is 0 Å².